The third-order valence-corrected chi connectivity index (χ3v) is 5.14. The number of fused-ring (bicyclic) bond motifs is 2. The molecule has 0 saturated heterocycles. The van der Waals surface area contributed by atoms with Gasteiger partial charge in [-0.2, -0.15) is 0 Å². The van der Waals surface area contributed by atoms with Gasteiger partial charge in [-0.1, -0.05) is 12.1 Å². The molecule has 0 aliphatic heterocycles. The van der Waals surface area contributed by atoms with E-state index in [1.54, 1.807) is 6.07 Å². The fourth-order valence-electron chi connectivity index (χ4n) is 3.66. The van der Waals surface area contributed by atoms with Gasteiger partial charge in [0.15, 0.2) is 11.5 Å². The molecule has 1 atom stereocenters. The van der Waals surface area contributed by atoms with E-state index < -0.39 is 17.2 Å². The van der Waals surface area contributed by atoms with Crippen LogP contribution in [0.15, 0.2) is 66.1 Å². The van der Waals surface area contributed by atoms with Gasteiger partial charge in [-0.05, 0) is 48.4 Å². The smallest absolute Gasteiger partial charge is 0.263 e. The second-order valence-corrected chi connectivity index (χ2v) is 7.12. The first-order valence-electron chi connectivity index (χ1n) is 9.52. The number of aromatic nitrogens is 5. The summed E-state index contributed by atoms with van der Waals surface area (Å²) in [6.07, 6.45) is 4.08. The molecular weight excluding hydrogens is 402 g/mol. The molecule has 1 unspecified atom stereocenters. The number of halogens is 2. The Hall–Kier alpha value is -4.14. The number of nitrogens with one attached hydrogen (secondary N) is 2. The topological polar surface area (TPSA) is 88.0 Å². The third kappa shape index (κ3) is 3.29. The largest absolute Gasteiger partial charge is 0.362 e. The number of H-pyrrole nitrogens is 1. The molecule has 0 aliphatic carbocycles. The van der Waals surface area contributed by atoms with Crippen molar-refractivity contribution in [3.8, 4) is 11.1 Å². The molecule has 31 heavy (non-hydrogen) atoms. The second kappa shape index (κ2) is 7.28. The van der Waals surface area contributed by atoms with Crippen LogP contribution >= 0.6 is 0 Å². The van der Waals surface area contributed by atoms with Gasteiger partial charge in [0.25, 0.3) is 5.56 Å². The Morgan fingerprint density at radius 1 is 1.03 bits per heavy atom. The number of hydrogen-bond acceptors (Lipinski definition) is 5. The summed E-state index contributed by atoms with van der Waals surface area (Å²) in [5, 5.41) is 3.28. The van der Waals surface area contributed by atoms with E-state index in [4.69, 9.17) is 0 Å². The molecule has 0 amide bonds. The molecule has 0 spiro atoms. The van der Waals surface area contributed by atoms with E-state index in [0.717, 1.165) is 6.20 Å². The summed E-state index contributed by atoms with van der Waals surface area (Å²) < 4.78 is 28.6. The van der Waals surface area contributed by atoms with Crippen molar-refractivity contribution in [3.05, 3.63) is 88.9 Å². The molecule has 0 saturated carbocycles. The first-order valence-corrected chi connectivity index (χ1v) is 9.52. The Balaban J connectivity index is 1.70. The van der Waals surface area contributed by atoms with Crippen LogP contribution in [0.5, 0.6) is 0 Å². The summed E-state index contributed by atoms with van der Waals surface area (Å²) in [5.74, 6) is -0.436. The zero-order valence-corrected chi connectivity index (χ0v) is 16.3. The Kier molecular flexibility index (Phi) is 4.43. The average Bonchev–Trinajstić information content (AvgIpc) is 3.25. The number of aromatic amines is 1. The first kappa shape index (κ1) is 18.9. The van der Waals surface area contributed by atoms with Crippen LogP contribution in [0.1, 0.15) is 18.5 Å². The van der Waals surface area contributed by atoms with Gasteiger partial charge in [0.05, 0.1) is 17.9 Å². The Morgan fingerprint density at radius 2 is 1.81 bits per heavy atom. The lowest BCUT2D eigenvalue weighted by atomic mass is 9.96. The number of imidazole rings is 1. The summed E-state index contributed by atoms with van der Waals surface area (Å²) in [5.41, 5.74) is 2.81. The minimum absolute atomic E-state index is 0.343. The van der Waals surface area contributed by atoms with E-state index in [0.29, 0.717) is 39.2 Å². The van der Waals surface area contributed by atoms with E-state index >= 15 is 0 Å². The molecule has 9 heteroatoms. The Morgan fingerprint density at radius 3 is 2.61 bits per heavy atom. The van der Waals surface area contributed by atoms with E-state index in [-0.39, 0.29) is 6.04 Å². The van der Waals surface area contributed by atoms with Crippen LogP contribution in [0.4, 0.5) is 14.6 Å². The quantitative estimate of drug-likeness (QED) is 0.459. The number of nitrogens with zero attached hydrogens (tertiary/aromatic N) is 4. The lowest BCUT2D eigenvalue weighted by Gasteiger charge is -2.20. The van der Waals surface area contributed by atoms with E-state index in [9.17, 15) is 13.6 Å². The fraction of sp³-hybridized carbons (Fsp3) is 0.0909. The van der Waals surface area contributed by atoms with Crippen molar-refractivity contribution >= 4 is 22.5 Å². The van der Waals surface area contributed by atoms with Crippen LogP contribution in [0.2, 0.25) is 0 Å². The van der Waals surface area contributed by atoms with Crippen LogP contribution < -0.4 is 10.9 Å². The maximum Gasteiger partial charge on any atom is 0.263 e. The van der Waals surface area contributed by atoms with Crippen LogP contribution in [-0.4, -0.2) is 24.3 Å². The van der Waals surface area contributed by atoms with Gasteiger partial charge in [-0.3, -0.25) is 9.20 Å². The first-order chi connectivity index (χ1) is 15.0. The van der Waals surface area contributed by atoms with E-state index in [1.165, 1.54) is 53.5 Å². The molecule has 4 aromatic heterocycles. The molecular formula is C22H16F2N6O. The molecule has 0 fully saturated rings. The molecule has 0 radical (unpaired) electrons. The number of hydrogen-bond donors (Lipinski definition) is 2. The maximum absolute atomic E-state index is 13.8. The van der Waals surface area contributed by atoms with Gasteiger partial charge < -0.3 is 10.3 Å². The highest BCUT2D eigenvalue weighted by atomic mass is 19.1. The molecule has 2 N–H and O–H groups in total. The lowest BCUT2D eigenvalue weighted by molar-refractivity contribution is 0.618. The predicted molar refractivity (Wildman–Crippen MR) is 113 cm³/mol. The van der Waals surface area contributed by atoms with Gasteiger partial charge in [0.1, 0.15) is 23.5 Å². The Labute approximate surface area is 174 Å². The van der Waals surface area contributed by atoms with Crippen LogP contribution in [0.3, 0.4) is 0 Å². The number of pyridine rings is 2. The second-order valence-electron chi connectivity index (χ2n) is 7.12. The van der Waals surface area contributed by atoms with Crippen LogP contribution in [0, 0.1) is 11.6 Å². The SMILES string of the molecule is CC(Nc1ncnc2[nH]cnc12)c1cc2ccc(F)cn2c(=O)c1-c1ccc(F)cc1. The van der Waals surface area contributed by atoms with Crippen molar-refractivity contribution in [3.63, 3.8) is 0 Å². The molecule has 154 valence electrons. The highest BCUT2D eigenvalue weighted by Gasteiger charge is 2.20. The molecule has 7 nitrogen and oxygen atoms in total. The average molecular weight is 418 g/mol. The molecule has 5 aromatic rings. The van der Waals surface area contributed by atoms with Gasteiger partial charge in [-0.15, -0.1) is 0 Å². The van der Waals surface area contributed by atoms with Crippen molar-refractivity contribution in [1.29, 1.82) is 0 Å². The normalized spacial score (nSPS) is 12.4. The number of rotatable bonds is 4. The van der Waals surface area contributed by atoms with Crippen molar-refractivity contribution in [2.75, 3.05) is 5.32 Å². The predicted octanol–water partition coefficient (Wildman–Crippen LogP) is 4.08. The van der Waals surface area contributed by atoms with Crippen molar-refractivity contribution < 1.29 is 8.78 Å². The van der Waals surface area contributed by atoms with Crippen LogP contribution in [-0.2, 0) is 0 Å². The minimum Gasteiger partial charge on any atom is -0.362 e. The fourth-order valence-corrected chi connectivity index (χ4v) is 3.66. The third-order valence-electron chi connectivity index (χ3n) is 5.14. The monoisotopic (exact) mass is 418 g/mol. The van der Waals surface area contributed by atoms with E-state index in [2.05, 4.69) is 25.3 Å². The summed E-state index contributed by atoms with van der Waals surface area (Å²) in [6.45, 7) is 1.88. The van der Waals surface area contributed by atoms with E-state index in [1.807, 2.05) is 6.92 Å². The summed E-state index contributed by atoms with van der Waals surface area (Å²) in [7, 11) is 0. The highest BCUT2D eigenvalue weighted by Crippen LogP contribution is 2.30. The van der Waals surface area contributed by atoms with Crippen molar-refractivity contribution in [2.45, 2.75) is 13.0 Å². The van der Waals surface area contributed by atoms with Gasteiger partial charge in [0.2, 0.25) is 0 Å². The standard InChI is InChI=1S/C22H16F2N6O/c1-12(29-21-19-20(26-10-25-19)27-11-28-21)17-8-16-7-6-15(24)9-30(16)22(31)18(17)13-2-4-14(23)5-3-13/h2-12H,1H3,(H2,25,26,27,28,29). The molecule has 0 aliphatic rings. The molecule has 4 heterocycles. The molecule has 1 aromatic carbocycles. The summed E-state index contributed by atoms with van der Waals surface area (Å²) in [4.78, 5) is 28.9. The van der Waals surface area contributed by atoms with Crippen molar-refractivity contribution in [1.82, 2.24) is 24.3 Å². The van der Waals surface area contributed by atoms with Gasteiger partial charge in [0, 0.05) is 11.7 Å². The molecule has 5 rings (SSSR count). The lowest BCUT2D eigenvalue weighted by Crippen LogP contribution is -2.21. The molecule has 0 bridgehead atoms. The zero-order chi connectivity index (χ0) is 21.5. The highest BCUT2D eigenvalue weighted by molar-refractivity contribution is 5.82. The number of benzene rings is 1. The zero-order valence-electron chi connectivity index (χ0n) is 16.3. The van der Waals surface area contributed by atoms with Crippen LogP contribution in [0.25, 0.3) is 27.8 Å². The summed E-state index contributed by atoms with van der Waals surface area (Å²) in [6, 6.07) is 9.90. The maximum atomic E-state index is 13.8. The summed E-state index contributed by atoms with van der Waals surface area (Å²) >= 11 is 0. The number of anilines is 1. The minimum atomic E-state index is -0.527. The Bertz CT molecular complexity index is 1480. The van der Waals surface area contributed by atoms with Crippen molar-refractivity contribution in [2.24, 2.45) is 0 Å². The van der Waals surface area contributed by atoms with Gasteiger partial charge in [-0.25, -0.2) is 23.7 Å². The van der Waals surface area contributed by atoms with Gasteiger partial charge >= 0.3 is 0 Å².